The summed E-state index contributed by atoms with van der Waals surface area (Å²) in [6.45, 7) is 4.72. The second kappa shape index (κ2) is 5.35. The molecule has 78 valence electrons. The molecule has 0 fully saturated rings. The van der Waals surface area contributed by atoms with Crippen molar-refractivity contribution in [2.75, 3.05) is 13.2 Å². The van der Waals surface area contributed by atoms with E-state index in [2.05, 4.69) is 29.6 Å². The quantitative estimate of drug-likeness (QED) is 0.814. The number of rotatable bonds is 2. The largest absolute Gasteiger partial charge is 0.372 e. The van der Waals surface area contributed by atoms with E-state index in [0.29, 0.717) is 0 Å². The van der Waals surface area contributed by atoms with Crippen molar-refractivity contribution < 1.29 is 4.74 Å². The molecular formula is C11H16ClNO. The Morgan fingerprint density at radius 2 is 2.21 bits per heavy atom. The number of hydrogen-bond donors (Lipinski definition) is 1. The lowest BCUT2D eigenvalue weighted by atomic mass is 9.99. The molecule has 0 amide bonds. The number of ether oxygens (including phenoxy) is 1. The molecule has 0 radical (unpaired) electrons. The zero-order chi connectivity index (χ0) is 9.10. The average molecular weight is 214 g/mol. The van der Waals surface area contributed by atoms with Crippen LogP contribution in [0.4, 0.5) is 0 Å². The summed E-state index contributed by atoms with van der Waals surface area (Å²) in [6, 6.07) is 8.48. The molecule has 2 rings (SSSR count). The van der Waals surface area contributed by atoms with E-state index in [9.17, 15) is 0 Å². The first-order valence-corrected chi connectivity index (χ1v) is 4.82. The summed E-state index contributed by atoms with van der Waals surface area (Å²) in [6.07, 6.45) is 0.245. The van der Waals surface area contributed by atoms with E-state index >= 15 is 0 Å². The van der Waals surface area contributed by atoms with E-state index < -0.39 is 0 Å². The molecule has 3 heteroatoms. The van der Waals surface area contributed by atoms with Crippen LogP contribution in [0, 0.1) is 0 Å². The minimum absolute atomic E-state index is 0. The predicted octanol–water partition coefficient (Wildman–Crippen LogP) is 2.29. The van der Waals surface area contributed by atoms with Crippen LogP contribution in [0.25, 0.3) is 0 Å². The Balaban J connectivity index is 0.000000980. The van der Waals surface area contributed by atoms with E-state index in [1.807, 2.05) is 6.92 Å². The minimum Gasteiger partial charge on any atom is -0.372 e. The Morgan fingerprint density at radius 1 is 1.43 bits per heavy atom. The third kappa shape index (κ3) is 2.27. The molecule has 14 heavy (non-hydrogen) atoms. The Morgan fingerprint density at radius 3 is 3.00 bits per heavy atom. The van der Waals surface area contributed by atoms with Gasteiger partial charge >= 0.3 is 0 Å². The van der Waals surface area contributed by atoms with Gasteiger partial charge in [-0.1, -0.05) is 24.3 Å². The first-order valence-electron chi connectivity index (χ1n) is 4.82. The first-order chi connectivity index (χ1) is 6.42. The fourth-order valence-electron chi connectivity index (χ4n) is 1.81. The summed E-state index contributed by atoms with van der Waals surface area (Å²) in [5, 5.41) is 3.35. The van der Waals surface area contributed by atoms with Crippen LogP contribution in [0.5, 0.6) is 0 Å². The number of nitrogens with one attached hydrogen (secondary N) is 1. The summed E-state index contributed by atoms with van der Waals surface area (Å²) in [5.41, 5.74) is 2.72. The van der Waals surface area contributed by atoms with Crippen LogP contribution in [0.2, 0.25) is 0 Å². The Kier molecular flexibility index (Phi) is 4.39. The standard InChI is InChI=1S/C11H15NO.ClH/c1-2-13-11-8-12-7-9-5-3-4-6-10(9)11;/h3-6,11-12H,2,7-8H2,1H3;1H. The maximum absolute atomic E-state index is 5.65. The number of benzene rings is 1. The number of halogens is 1. The Bertz CT molecular complexity index is 290. The maximum Gasteiger partial charge on any atom is 0.0952 e. The zero-order valence-corrected chi connectivity index (χ0v) is 9.14. The molecule has 1 aromatic rings. The normalized spacial score (nSPS) is 19.6. The lowest BCUT2D eigenvalue weighted by molar-refractivity contribution is 0.0568. The van der Waals surface area contributed by atoms with E-state index in [1.54, 1.807) is 0 Å². The highest BCUT2D eigenvalue weighted by molar-refractivity contribution is 5.85. The van der Waals surface area contributed by atoms with Crippen LogP contribution in [0.3, 0.4) is 0 Å². The molecule has 1 aliphatic heterocycles. The van der Waals surface area contributed by atoms with Crippen molar-refractivity contribution in [1.82, 2.24) is 5.32 Å². The third-order valence-corrected chi connectivity index (χ3v) is 2.42. The lowest BCUT2D eigenvalue weighted by Crippen LogP contribution is -2.29. The van der Waals surface area contributed by atoms with Gasteiger partial charge in [0.15, 0.2) is 0 Å². The van der Waals surface area contributed by atoms with Crippen molar-refractivity contribution in [1.29, 1.82) is 0 Å². The van der Waals surface area contributed by atoms with Crippen molar-refractivity contribution in [3.05, 3.63) is 35.4 Å². The molecule has 2 nitrogen and oxygen atoms in total. The van der Waals surface area contributed by atoms with Crippen LogP contribution in [-0.4, -0.2) is 13.2 Å². The maximum atomic E-state index is 5.65. The summed E-state index contributed by atoms with van der Waals surface area (Å²) < 4.78 is 5.65. The number of hydrogen-bond acceptors (Lipinski definition) is 2. The van der Waals surface area contributed by atoms with E-state index in [1.165, 1.54) is 11.1 Å². The molecule has 1 aromatic carbocycles. The van der Waals surface area contributed by atoms with Crippen molar-refractivity contribution in [2.24, 2.45) is 0 Å². The van der Waals surface area contributed by atoms with E-state index in [0.717, 1.165) is 19.7 Å². The van der Waals surface area contributed by atoms with Gasteiger partial charge in [-0.15, -0.1) is 12.4 Å². The van der Waals surface area contributed by atoms with Crippen molar-refractivity contribution >= 4 is 12.4 Å². The molecule has 1 N–H and O–H groups in total. The van der Waals surface area contributed by atoms with Gasteiger partial charge in [0.05, 0.1) is 6.10 Å². The first kappa shape index (κ1) is 11.5. The van der Waals surface area contributed by atoms with Crippen LogP contribution < -0.4 is 5.32 Å². The van der Waals surface area contributed by atoms with Crippen LogP contribution in [0.15, 0.2) is 24.3 Å². The van der Waals surface area contributed by atoms with Gasteiger partial charge in [0, 0.05) is 19.7 Å². The monoisotopic (exact) mass is 213 g/mol. The third-order valence-electron chi connectivity index (χ3n) is 2.42. The van der Waals surface area contributed by atoms with Gasteiger partial charge in [-0.2, -0.15) is 0 Å². The highest BCUT2D eigenvalue weighted by Crippen LogP contribution is 2.24. The molecule has 1 atom stereocenters. The smallest absolute Gasteiger partial charge is 0.0952 e. The van der Waals surface area contributed by atoms with E-state index in [4.69, 9.17) is 4.74 Å². The summed E-state index contributed by atoms with van der Waals surface area (Å²) >= 11 is 0. The zero-order valence-electron chi connectivity index (χ0n) is 8.32. The average Bonchev–Trinajstić information content (AvgIpc) is 2.19. The van der Waals surface area contributed by atoms with Gasteiger partial charge in [-0.05, 0) is 18.1 Å². The van der Waals surface area contributed by atoms with Gasteiger partial charge in [0.25, 0.3) is 0 Å². The number of fused-ring (bicyclic) bond motifs is 1. The molecular weight excluding hydrogens is 198 g/mol. The second-order valence-electron chi connectivity index (χ2n) is 3.27. The SMILES string of the molecule is CCOC1CNCc2ccccc21.Cl. The molecule has 0 aromatic heterocycles. The highest BCUT2D eigenvalue weighted by Gasteiger charge is 2.18. The molecule has 1 aliphatic rings. The van der Waals surface area contributed by atoms with Gasteiger partial charge in [-0.25, -0.2) is 0 Å². The van der Waals surface area contributed by atoms with Crippen LogP contribution in [0.1, 0.15) is 24.2 Å². The van der Waals surface area contributed by atoms with E-state index in [-0.39, 0.29) is 18.5 Å². The van der Waals surface area contributed by atoms with Gasteiger partial charge < -0.3 is 10.1 Å². The van der Waals surface area contributed by atoms with Gasteiger partial charge in [0.1, 0.15) is 0 Å². The van der Waals surface area contributed by atoms with Crippen molar-refractivity contribution in [2.45, 2.75) is 19.6 Å². The fourth-order valence-corrected chi connectivity index (χ4v) is 1.81. The predicted molar refractivity (Wildman–Crippen MR) is 59.8 cm³/mol. The molecule has 0 spiro atoms. The molecule has 1 heterocycles. The minimum atomic E-state index is 0. The summed E-state index contributed by atoms with van der Waals surface area (Å²) in [4.78, 5) is 0. The summed E-state index contributed by atoms with van der Waals surface area (Å²) in [7, 11) is 0. The molecule has 1 unspecified atom stereocenters. The van der Waals surface area contributed by atoms with Crippen molar-refractivity contribution in [3.63, 3.8) is 0 Å². The lowest BCUT2D eigenvalue weighted by Gasteiger charge is -2.25. The van der Waals surface area contributed by atoms with Crippen molar-refractivity contribution in [3.8, 4) is 0 Å². The second-order valence-corrected chi connectivity index (χ2v) is 3.27. The van der Waals surface area contributed by atoms with Gasteiger partial charge in [0.2, 0.25) is 0 Å². The fraction of sp³-hybridized carbons (Fsp3) is 0.455. The molecule has 0 aliphatic carbocycles. The Labute approximate surface area is 91.1 Å². The topological polar surface area (TPSA) is 21.3 Å². The molecule has 0 saturated heterocycles. The molecule has 0 saturated carbocycles. The van der Waals surface area contributed by atoms with Crippen LogP contribution in [-0.2, 0) is 11.3 Å². The summed E-state index contributed by atoms with van der Waals surface area (Å²) in [5.74, 6) is 0. The van der Waals surface area contributed by atoms with Crippen LogP contribution >= 0.6 is 12.4 Å². The molecule has 0 bridgehead atoms. The van der Waals surface area contributed by atoms with Gasteiger partial charge in [-0.3, -0.25) is 0 Å². The Hall–Kier alpha value is -0.570. The highest BCUT2D eigenvalue weighted by atomic mass is 35.5.